The summed E-state index contributed by atoms with van der Waals surface area (Å²) in [5, 5.41) is 9.25. The van der Waals surface area contributed by atoms with Crippen LogP contribution in [-0.2, 0) is 10.5 Å². The van der Waals surface area contributed by atoms with E-state index < -0.39 is 11.9 Å². The zero-order valence-electron chi connectivity index (χ0n) is 9.78. The summed E-state index contributed by atoms with van der Waals surface area (Å²) in [4.78, 5) is 11.3. The van der Waals surface area contributed by atoms with Gasteiger partial charge in [0.05, 0.1) is 17.9 Å². The van der Waals surface area contributed by atoms with Crippen molar-refractivity contribution in [3.8, 4) is 0 Å². The fraction of sp³-hybridized carbons (Fsp3) is 0.214. The van der Waals surface area contributed by atoms with Crippen LogP contribution in [0.2, 0.25) is 0 Å². The Kier molecular flexibility index (Phi) is 4.47. The van der Waals surface area contributed by atoms with Gasteiger partial charge in [-0.25, -0.2) is 0 Å². The predicted octanol–water partition coefficient (Wildman–Crippen LogP) is 3.38. The molecule has 1 aromatic heterocycles. The molecule has 2 rings (SSSR count). The first kappa shape index (κ1) is 12.8. The minimum Gasteiger partial charge on any atom is -0.481 e. The highest BCUT2D eigenvalue weighted by Gasteiger charge is 2.19. The number of carboxylic acid groups (broad SMARTS) is 1. The number of thioether (sulfide) groups is 1. The first-order valence-electron chi connectivity index (χ1n) is 5.65. The maximum Gasteiger partial charge on any atom is 0.311 e. The van der Waals surface area contributed by atoms with E-state index in [9.17, 15) is 9.90 Å². The van der Waals surface area contributed by atoms with E-state index >= 15 is 0 Å². The van der Waals surface area contributed by atoms with Crippen molar-refractivity contribution in [1.82, 2.24) is 0 Å². The number of hydrogen-bond acceptors (Lipinski definition) is 3. The minimum absolute atomic E-state index is 0.467. The Labute approximate surface area is 110 Å². The van der Waals surface area contributed by atoms with Crippen molar-refractivity contribution in [2.24, 2.45) is 0 Å². The van der Waals surface area contributed by atoms with Crippen molar-refractivity contribution in [2.45, 2.75) is 11.7 Å². The van der Waals surface area contributed by atoms with Gasteiger partial charge in [-0.05, 0) is 17.7 Å². The molecule has 0 aliphatic carbocycles. The van der Waals surface area contributed by atoms with Crippen LogP contribution in [0.4, 0.5) is 0 Å². The SMILES string of the molecule is O=C(O)C(CSCc1ccco1)c1ccccc1. The maximum atomic E-state index is 11.3. The molecule has 0 bridgehead atoms. The zero-order valence-corrected chi connectivity index (χ0v) is 10.6. The molecule has 0 amide bonds. The van der Waals surface area contributed by atoms with Gasteiger partial charge < -0.3 is 9.52 Å². The number of rotatable bonds is 6. The van der Waals surface area contributed by atoms with Gasteiger partial charge >= 0.3 is 5.97 Å². The highest BCUT2D eigenvalue weighted by atomic mass is 32.2. The van der Waals surface area contributed by atoms with E-state index in [4.69, 9.17) is 4.42 Å². The molecule has 0 aliphatic rings. The van der Waals surface area contributed by atoms with Crippen molar-refractivity contribution in [1.29, 1.82) is 0 Å². The molecule has 1 N–H and O–H groups in total. The van der Waals surface area contributed by atoms with Gasteiger partial charge in [0, 0.05) is 5.75 Å². The van der Waals surface area contributed by atoms with Crippen molar-refractivity contribution < 1.29 is 14.3 Å². The highest BCUT2D eigenvalue weighted by molar-refractivity contribution is 7.98. The Hall–Kier alpha value is -1.68. The lowest BCUT2D eigenvalue weighted by Crippen LogP contribution is -2.14. The predicted molar refractivity (Wildman–Crippen MR) is 71.7 cm³/mol. The molecule has 0 fully saturated rings. The molecule has 0 radical (unpaired) electrons. The molecule has 18 heavy (non-hydrogen) atoms. The molecular formula is C14H14O3S. The summed E-state index contributed by atoms with van der Waals surface area (Å²) >= 11 is 1.57. The molecule has 4 heteroatoms. The van der Waals surface area contributed by atoms with Crippen LogP contribution in [0.25, 0.3) is 0 Å². The quantitative estimate of drug-likeness (QED) is 0.867. The summed E-state index contributed by atoms with van der Waals surface area (Å²) in [5.41, 5.74) is 0.844. The fourth-order valence-corrected chi connectivity index (χ4v) is 2.72. The van der Waals surface area contributed by atoms with E-state index in [1.165, 1.54) is 0 Å². The largest absolute Gasteiger partial charge is 0.481 e. The Morgan fingerprint density at radius 3 is 2.61 bits per heavy atom. The highest BCUT2D eigenvalue weighted by Crippen LogP contribution is 2.23. The Bertz CT molecular complexity index is 479. The average Bonchev–Trinajstić information content (AvgIpc) is 2.88. The van der Waals surface area contributed by atoms with Crippen LogP contribution in [0.1, 0.15) is 17.2 Å². The van der Waals surface area contributed by atoms with Gasteiger partial charge in [0.1, 0.15) is 5.76 Å². The molecule has 2 aromatic rings. The van der Waals surface area contributed by atoms with Gasteiger partial charge in [0.2, 0.25) is 0 Å². The Balaban J connectivity index is 1.93. The average molecular weight is 262 g/mol. The molecule has 0 aliphatic heterocycles. The molecule has 0 spiro atoms. The van der Waals surface area contributed by atoms with E-state index in [0.717, 1.165) is 11.3 Å². The third-order valence-electron chi connectivity index (χ3n) is 2.61. The van der Waals surface area contributed by atoms with Crippen molar-refractivity contribution >= 4 is 17.7 Å². The van der Waals surface area contributed by atoms with E-state index in [2.05, 4.69) is 0 Å². The van der Waals surface area contributed by atoms with Crippen molar-refractivity contribution in [3.63, 3.8) is 0 Å². The van der Waals surface area contributed by atoms with Crippen LogP contribution in [-0.4, -0.2) is 16.8 Å². The number of aliphatic carboxylic acids is 1. The summed E-state index contributed by atoms with van der Waals surface area (Å²) in [7, 11) is 0. The third kappa shape index (κ3) is 3.40. The lowest BCUT2D eigenvalue weighted by molar-refractivity contribution is -0.138. The maximum absolute atomic E-state index is 11.3. The molecule has 1 atom stereocenters. The molecule has 0 saturated carbocycles. The van der Waals surface area contributed by atoms with Gasteiger partial charge in [-0.2, -0.15) is 11.8 Å². The lowest BCUT2D eigenvalue weighted by atomic mass is 10.0. The van der Waals surface area contributed by atoms with Crippen LogP contribution < -0.4 is 0 Å². The summed E-state index contributed by atoms with van der Waals surface area (Å²) in [5.74, 6) is 0.862. The van der Waals surface area contributed by atoms with Crippen LogP contribution in [0.3, 0.4) is 0 Å². The second kappa shape index (κ2) is 6.31. The van der Waals surface area contributed by atoms with Gasteiger partial charge in [-0.1, -0.05) is 30.3 Å². The normalized spacial score (nSPS) is 12.2. The van der Waals surface area contributed by atoms with Crippen molar-refractivity contribution in [2.75, 3.05) is 5.75 Å². The zero-order chi connectivity index (χ0) is 12.8. The van der Waals surface area contributed by atoms with Gasteiger partial charge in [-0.15, -0.1) is 0 Å². The van der Waals surface area contributed by atoms with E-state index in [-0.39, 0.29) is 0 Å². The summed E-state index contributed by atoms with van der Waals surface area (Å²) in [6.07, 6.45) is 1.63. The van der Waals surface area contributed by atoms with Crippen LogP contribution in [0.5, 0.6) is 0 Å². The molecule has 0 saturated heterocycles. The molecule has 3 nitrogen and oxygen atoms in total. The van der Waals surface area contributed by atoms with Gasteiger partial charge in [0.25, 0.3) is 0 Å². The van der Waals surface area contributed by atoms with E-state index in [0.29, 0.717) is 11.5 Å². The molecule has 1 unspecified atom stereocenters. The van der Waals surface area contributed by atoms with Crippen molar-refractivity contribution in [3.05, 3.63) is 60.1 Å². The first-order valence-corrected chi connectivity index (χ1v) is 6.80. The molecule has 1 aromatic carbocycles. The van der Waals surface area contributed by atoms with E-state index in [1.54, 1.807) is 18.0 Å². The van der Waals surface area contributed by atoms with E-state index in [1.807, 2.05) is 42.5 Å². The minimum atomic E-state index is -0.784. The topological polar surface area (TPSA) is 50.4 Å². The summed E-state index contributed by atoms with van der Waals surface area (Å²) in [6.45, 7) is 0. The Morgan fingerprint density at radius 1 is 1.22 bits per heavy atom. The number of benzene rings is 1. The van der Waals surface area contributed by atoms with Gasteiger partial charge in [0.15, 0.2) is 0 Å². The number of carboxylic acids is 1. The number of furan rings is 1. The monoisotopic (exact) mass is 262 g/mol. The number of hydrogen-bond donors (Lipinski definition) is 1. The number of carbonyl (C=O) groups is 1. The summed E-state index contributed by atoms with van der Waals surface area (Å²) in [6, 6.07) is 13.1. The Morgan fingerprint density at radius 2 is 2.00 bits per heavy atom. The second-order valence-electron chi connectivity index (χ2n) is 3.90. The van der Waals surface area contributed by atoms with Crippen LogP contribution in [0, 0.1) is 0 Å². The summed E-state index contributed by atoms with van der Waals surface area (Å²) < 4.78 is 5.21. The lowest BCUT2D eigenvalue weighted by Gasteiger charge is -2.11. The fourth-order valence-electron chi connectivity index (χ4n) is 1.67. The second-order valence-corrected chi connectivity index (χ2v) is 4.93. The van der Waals surface area contributed by atoms with Crippen LogP contribution >= 0.6 is 11.8 Å². The molecule has 94 valence electrons. The smallest absolute Gasteiger partial charge is 0.311 e. The first-order chi connectivity index (χ1) is 8.77. The standard InChI is InChI=1S/C14H14O3S/c15-14(16)13(11-5-2-1-3-6-11)10-18-9-12-7-4-8-17-12/h1-8,13H,9-10H2,(H,15,16). The molecular weight excluding hydrogens is 248 g/mol. The van der Waals surface area contributed by atoms with Crippen LogP contribution in [0.15, 0.2) is 53.1 Å². The third-order valence-corrected chi connectivity index (χ3v) is 3.67. The molecule has 1 heterocycles. The van der Waals surface area contributed by atoms with Gasteiger partial charge in [-0.3, -0.25) is 4.79 Å².